The van der Waals surface area contributed by atoms with E-state index in [2.05, 4.69) is 33.1 Å². The van der Waals surface area contributed by atoms with Gasteiger partial charge >= 0.3 is 0 Å². The molecule has 1 N–H and O–H groups in total. The lowest BCUT2D eigenvalue weighted by atomic mass is 10.3. The van der Waals surface area contributed by atoms with Gasteiger partial charge in [-0.05, 0) is 28.9 Å². The van der Waals surface area contributed by atoms with Crippen molar-refractivity contribution in [3.63, 3.8) is 0 Å². The first kappa shape index (κ1) is 11.0. The average molecular weight is 260 g/mol. The van der Waals surface area contributed by atoms with Gasteiger partial charge in [-0.1, -0.05) is 5.92 Å². The molecule has 0 aromatic heterocycles. The number of hydrogen-bond acceptors (Lipinski definition) is 1. The zero-order valence-corrected chi connectivity index (χ0v) is 9.08. The third kappa shape index (κ3) is 2.71. The Morgan fingerprint density at radius 1 is 1.36 bits per heavy atom. The predicted molar refractivity (Wildman–Crippen MR) is 56.0 cm³/mol. The van der Waals surface area contributed by atoms with Crippen LogP contribution in [0.25, 0.3) is 0 Å². The van der Waals surface area contributed by atoms with E-state index in [1.54, 1.807) is 6.92 Å². The number of hydrogen-bond donors (Lipinski definition) is 1. The lowest BCUT2D eigenvalue weighted by molar-refractivity contribution is 0.581. The van der Waals surface area contributed by atoms with Crippen molar-refractivity contribution in [2.45, 2.75) is 6.92 Å². The van der Waals surface area contributed by atoms with Crippen LogP contribution < -0.4 is 5.32 Å². The van der Waals surface area contributed by atoms with Gasteiger partial charge in [-0.25, -0.2) is 8.78 Å². The molecule has 0 spiro atoms. The maximum Gasteiger partial charge on any atom is 0.149 e. The van der Waals surface area contributed by atoms with Crippen LogP contribution in [0.5, 0.6) is 0 Å². The Kier molecular flexibility index (Phi) is 3.90. The van der Waals surface area contributed by atoms with Crippen molar-refractivity contribution in [2.75, 3.05) is 11.9 Å². The van der Waals surface area contributed by atoms with Crippen molar-refractivity contribution in [1.29, 1.82) is 0 Å². The molecule has 0 unspecified atom stereocenters. The summed E-state index contributed by atoms with van der Waals surface area (Å²) in [7, 11) is 0. The Morgan fingerprint density at radius 3 is 2.71 bits per heavy atom. The molecule has 0 atom stereocenters. The van der Waals surface area contributed by atoms with E-state index in [1.807, 2.05) is 0 Å². The van der Waals surface area contributed by atoms with Crippen molar-refractivity contribution in [2.24, 2.45) is 0 Å². The molecule has 0 saturated heterocycles. The van der Waals surface area contributed by atoms with Crippen molar-refractivity contribution in [1.82, 2.24) is 0 Å². The van der Waals surface area contributed by atoms with E-state index in [0.29, 0.717) is 6.54 Å². The van der Waals surface area contributed by atoms with Crippen molar-refractivity contribution in [3.8, 4) is 11.8 Å². The Morgan fingerprint density at radius 2 is 2.07 bits per heavy atom. The lowest BCUT2D eigenvalue weighted by Crippen LogP contribution is -2.01. The summed E-state index contributed by atoms with van der Waals surface area (Å²) in [6.07, 6.45) is 0. The molecule has 0 amide bonds. The summed E-state index contributed by atoms with van der Waals surface area (Å²) < 4.78 is 26.1. The fourth-order valence-corrected chi connectivity index (χ4v) is 1.23. The minimum atomic E-state index is -0.622. The molecule has 0 radical (unpaired) electrons. The third-order valence-corrected chi connectivity index (χ3v) is 2.16. The fourth-order valence-electron chi connectivity index (χ4n) is 0.886. The highest BCUT2D eigenvalue weighted by Gasteiger charge is 2.06. The van der Waals surface area contributed by atoms with Gasteiger partial charge < -0.3 is 5.32 Å². The maximum absolute atomic E-state index is 13.1. The highest BCUT2D eigenvalue weighted by atomic mass is 79.9. The number of benzene rings is 1. The van der Waals surface area contributed by atoms with Crippen molar-refractivity contribution < 1.29 is 8.78 Å². The van der Waals surface area contributed by atoms with Crippen molar-refractivity contribution >= 4 is 21.6 Å². The smallest absolute Gasteiger partial charge is 0.149 e. The minimum absolute atomic E-state index is 0.228. The van der Waals surface area contributed by atoms with Gasteiger partial charge in [0.2, 0.25) is 0 Å². The average Bonchev–Trinajstić information content (AvgIpc) is 2.14. The van der Waals surface area contributed by atoms with Gasteiger partial charge in [-0.15, -0.1) is 5.92 Å². The molecular weight excluding hydrogens is 252 g/mol. The lowest BCUT2D eigenvalue weighted by Gasteiger charge is -2.05. The maximum atomic E-state index is 13.1. The van der Waals surface area contributed by atoms with Crippen LogP contribution in [0.15, 0.2) is 16.6 Å². The van der Waals surface area contributed by atoms with E-state index in [1.165, 1.54) is 6.07 Å². The van der Waals surface area contributed by atoms with E-state index in [4.69, 9.17) is 0 Å². The first-order chi connectivity index (χ1) is 6.65. The molecule has 0 aliphatic carbocycles. The first-order valence-corrected chi connectivity index (χ1v) is 4.72. The van der Waals surface area contributed by atoms with E-state index in [0.717, 1.165) is 6.07 Å². The number of halogens is 3. The molecule has 0 aliphatic heterocycles. The molecule has 0 fully saturated rings. The fraction of sp³-hybridized carbons (Fsp3) is 0.200. The summed E-state index contributed by atoms with van der Waals surface area (Å²) in [4.78, 5) is 0. The number of nitrogens with one attached hydrogen (secondary N) is 1. The van der Waals surface area contributed by atoms with E-state index < -0.39 is 11.6 Å². The summed E-state index contributed by atoms with van der Waals surface area (Å²) in [6, 6.07) is 2.17. The summed E-state index contributed by atoms with van der Waals surface area (Å²) in [5, 5.41) is 2.74. The van der Waals surface area contributed by atoms with Gasteiger partial charge in [0.15, 0.2) is 0 Å². The van der Waals surface area contributed by atoms with Gasteiger partial charge in [0.05, 0.1) is 16.7 Å². The van der Waals surface area contributed by atoms with Gasteiger partial charge in [0, 0.05) is 6.07 Å². The zero-order valence-electron chi connectivity index (χ0n) is 7.50. The van der Waals surface area contributed by atoms with Crippen LogP contribution in [-0.4, -0.2) is 6.54 Å². The molecule has 0 saturated carbocycles. The summed E-state index contributed by atoms with van der Waals surface area (Å²) in [5.41, 5.74) is 0.237. The Hall–Kier alpha value is -1.08. The molecule has 1 aromatic rings. The molecular formula is C10H8BrF2N. The van der Waals surface area contributed by atoms with Crippen LogP contribution in [-0.2, 0) is 0 Å². The highest BCUT2D eigenvalue weighted by Crippen LogP contribution is 2.23. The minimum Gasteiger partial charge on any atom is -0.372 e. The van der Waals surface area contributed by atoms with E-state index >= 15 is 0 Å². The SMILES string of the molecule is CC#CCNc1cc(Br)c(F)cc1F. The number of rotatable bonds is 2. The number of anilines is 1. The second-order valence-electron chi connectivity index (χ2n) is 2.53. The zero-order chi connectivity index (χ0) is 10.6. The predicted octanol–water partition coefficient (Wildman–Crippen LogP) is 3.16. The summed E-state index contributed by atoms with van der Waals surface area (Å²) in [5.74, 6) is 4.15. The summed E-state index contributed by atoms with van der Waals surface area (Å²) >= 11 is 2.97. The first-order valence-electron chi connectivity index (χ1n) is 3.93. The van der Waals surface area contributed by atoms with Crippen LogP contribution in [0.3, 0.4) is 0 Å². The van der Waals surface area contributed by atoms with Crippen LogP contribution in [0.2, 0.25) is 0 Å². The van der Waals surface area contributed by atoms with Crippen LogP contribution >= 0.6 is 15.9 Å². The van der Waals surface area contributed by atoms with Crippen molar-refractivity contribution in [3.05, 3.63) is 28.2 Å². The molecule has 0 aliphatic rings. The van der Waals surface area contributed by atoms with Crippen LogP contribution in [0, 0.1) is 23.5 Å². The van der Waals surface area contributed by atoms with Gasteiger partial charge in [0.25, 0.3) is 0 Å². The molecule has 0 heterocycles. The Balaban J connectivity index is 2.85. The van der Waals surface area contributed by atoms with Gasteiger partial charge in [0.1, 0.15) is 11.6 Å². The highest BCUT2D eigenvalue weighted by molar-refractivity contribution is 9.10. The standard InChI is InChI=1S/C10H8BrF2N/c1-2-3-4-14-10-5-7(11)8(12)6-9(10)13/h5-6,14H,4H2,1H3. The van der Waals surface area contributed by atoms with E-state index in [9.17, 15) is 8.78 Å². The molecule has 4 heteroatoms. The molecule has 1 aromatic carbocycles. The molecule has 0 bridgehead atoms. The molecule has 1 nitrogen and oxygen atoms in total. The van der Waals surface area contributed by atoms with Crippen LogP contribution in [0.1, 0.15) is 6.92 Å². The van der Waals surface area contributed by atoms with Crippen LogP contribution in [0.4, 0.5) is 14.5 Å². The quantitative estimate of drug-likeness (QED) is 0.636. The largest absolute Gasteiger partial charge is 0.372 e. The normalized spacial score (nSPS) is 9.14. The Labute approximate surface area is 89.6 Å². The van der Waals surface area contributed by atoms with Gasteiger partial charge in [-0.2, -0.15) is 0 Å². The third-order valence-electron chi connectivity index (χ3n) is 1.55. The monoisotopic (exact) mass is 259 g/mol. The summed E-state index contributed by atoms with van der Waals surface area (Å²) in [6.45, 7) is 2.03. The second-order valence-corrected chi connectivity index (χ2v) is 3.38. The molecule has 14 heavy (non-hydrogen) atoms. The van der Waals surface area contributed by atoms with E-state index in [-0.39, 0.29) is 10.2 Å². The molecule has 1 rings (SSSR count). The topological polar surface area (TPSA) is 12.0 Å². The molecule has 74 valence electrons. The van der Waals surface area contributed by atoms with Gasteiger partial charge in [-0.3, -0.25) is 0 Å². The Bertz CT molecular complexity index is 393. The second kappa shape index (κ2) is 4.97.